The summed E-state index contributed by atoms with van der Waals surface area (Å²) < 4.78 is 34.8. The molecule has 1 aliphatic heterocycles. The molecule has 2 fully saturated rings. The van der Waals surface area contributed by atoms with E-state index in [1.165, 1.54) is 0 Å². The van der Waals surface area contributed by atoms with Crippen molar-refractivity contribution >= 4 is 43.1 Å². The van der Waals surface area contributed by atoms with Gasteiger partial charge in [-0.3, -0.25) is 14.5 Å². The summed E-state index contributed by atoms with van der Waals surface area (Å²) in [5.74, 6) is 0.839. The molecule has 3 aromatic rings. The quantitative estimate of drug-likeness (QED) is 0.546. The molecule has 32 heavy (non-hydrogen) atoms. The van der Waals surface area contributed by atoms with Crippen molar-refractivity contribution in [1.29, 1.82) is 0 Å². The molecule has 1 aromatic heterocycles. The van der Waals surface area contributed by atoms with Crippen molar-refractivity contribution in [3.05, 3.63) is 42.2 Å². The summed E-state index contributed by atoms with van der Waals surface area (Å²) in [5, 5.41) is 2.90. The van der Waals surface area contributed by atoms with Crippen LogP contribution in [0, 0.1) is 0 Å². The molecular weight excluding hydrogens is 430 g/mol. The monoisotopic (exact) mass is 455 g/mol. The van der Waals surface area contributed by atoms with Gasteiger partial charge in [-0.05, 0) is 41.5 Å². The normalized spacial score (nSPS) is 21.9. The van der Waals surface area contributed by atoms with Gasteiger partial charge in [-0.25, -0.2) is 8.42 Å². The molecule has 0 amide bonds. The predicted molar refractivity (Wildman–Crippen MR) is 121 cm³/mol. The van der Waals surface area contributed by atoms with Crippen molar-refractivity contribution in [3.63, 3.8) is 0 Å². The topological polar surface area (TPSA) is 93.9 Å². The zero-order valence-electron chi connectivity index (χ0n) is 17.7. The molecule has 1 aliphatic carbocycles. The number of sulfone groups is 1. The highest BCUT2D eigenvalue weighted by Crippen LogP contribution is 2.38. The largest absolute Gasteiger partial charge is 0.492 e. The first kappa shape index (κ1) is 21.2. The lowest BCUT2D eigenvalue weighted by molar-refractivity contribution is -0.130. The lowest BCUT2D eigenvalue weighted by atomic mass is 9.81. The molecule has 1 atom stereocenters. The number of ether oxygens (including phenoxy) is 1. The van der Waals surface area contributed by atoms with E-state index in [0.29, 0.717) is 39.1 Å². The predicted octanol–water partition coefficient (Wildman–Crippen LogP) is 3.10. The lowest BCUT2D eigenvalue weighted by Gasteiger charge is -2.26. The fourth-order valence-electron chi connectivity index (χ4n) is 4.68. The van der Waals surface area contributed by atoms with Gasteiger partial charge >= 0.3 is 0 Å². The Balaban J connectivity index is 1.34. The average molecular weight is 456 g/mol. The van der Waals surface area contributed by atoms with Crippen molar-refractivity contribution in [3.8, 4) is 5.75 Å². The maximum atomic E-state index is 12.5. The zero-order valence-corrected chi connectivity index (χ0v) is 18.5. The van der Waals surface area contributed by atoms with Gasteiger partial charge in [0.25, 0.3) is 0 Å². The van der Waals surface area contributed by atoms with Crippen LogP contribution in [-0.4, -0.2) is 62.6 Å². The standard InChI is InChI=1S/C24H25NO6S/c26-17-2-4-20(22(27)14-17)21-15-31-23-6-1-16-13-18(3-5-19(16)24(21)23)30-10-7-25-8-11-32(28,29)12-9-25/h1,3,5-6,13,15,20H,2,4,7-12,14H2. The SMILES string of the molecule is O=C1CCC(c2coc3ccc4cc(OCCN5CCS(=O)(=O)CC5)ccc4c23)C(=O)C1. The fourth-order valence-corrected chi connectivity index (χ4v) is 5.96. The molecule has 1 unspecified atom stereocenters. The fraction of sp³-hybridized carbons (Fsp3) is 0.417. The molecule has 2 aromatic carbocycles. The molecular formula is C24H25NO6S. The summed E-state index contributed by atoms with van der Waals surface area (Å²) in [7, 11) is -2.88. The highest BCUT2D eigenvalue weighted by molar-refractivity contribution is 7.91. The number of hydrogen-bond acceptors (Lipinski definition) is 7. The zero-order chi connectivity index (χ0) is 22.3. The smallest absolute Gasteiger partial charge is 0.152 e. The second kappa shape index (κ2) is 8.33. The van der Waals surface area contributed by atoms with Gasteiger partial charge in [0.2, 0.25) is 0 Å². The van der Waals surface area contributed by atoms with Gasteiger partial charge in [-0.2, -0.15) is 0 Å². The van der Waals surface area contributed by atoms with Crippen LogP contribution in [0.4, 0.5) is 0 Å². The second-order valence-electron chi connectivity index (χ2n) is 8.63. The van der Waals surface area contributed by atoms with Crippen LogP contribution in [0.1, 0.15) is 30.7 Å². The molecule has 7 nitrogen and oxygen atoms in total. The summed E-state index contributed by atoms with van der Waals surface area (Å²) in [4.78, 5) is 26.2. The minimum Gasteiger partial charge on any atom is -0.492 e. The number of fused-ring (bicyclic) bond motifs is 3. The Kier molecular flexibility index (Phi) is 5.51. The third kappa shape index (κ3) is 4.17. The van der Waals surface area contributed by atoms with Gasteiger partial charge in [0.15, 0.2) is 9.84 Å². The minimum atomic E-state index is -2.88. The number of carbonyl (C=O) groups is 2. The Labute approximate surface area is 186 Å². The van der Waals surface area contributed by atoms with E-state index in [0.717, 1.165) is 33.1 Å². The summed E-state index contributed by atoms with van der Waals surface area (Å²) >= 11 is 0. The van der Waals surface area contributed by atoms with Crippen LogP contribution < -0.4 is 4.74 Å². The van der Waals surface area contributed by atoms with Crippen molar-refractivity contribution in [1.82, 2.24) is 4.90 Å². The van der Waals surface area contributed by atoms with E-state index < -0.39 is 9.84 Å². The van der Waals surface area contributed by atoms with Crippen LogP contribution in [0.3, 0.4) is 0 Å². The molecule has 1 saturated carbocycles. The first-order valence-corrected chi connectivity index (χ1v) is 12.8. The molecule has 8 heteroatoms. The number of nitrogens with zero attached hydrogens (tertiary/aromatic N) is 1. The van der Waals surface area contributed by atoms with E-state index in [-0.39, 0.29) is 35.4 Å². The molecule has 0 spiro atoms. The Morgan fingerprint density at radius 2 is 1.91 bits per heavy atom. The van der Waals surface area contributed by atoms with Crippen LogP contribution in [0.25, 0.3) is 21.7 Å². The van der Waals surface area contributed by atoms with E-state index >= 15 is 0 Å². The molecule has 2 heterocycles. The first-order chi connectivity index (χ1) is 15.4. The average Bonchev–Trinajstić information content (AvgIpc) is 3.19. The maximum Gasteiger partial charge on any atom is 0.152 e. The van der Waals surface area contributed by atoms with E-state index in [2.05, 4.69) is 4.90 Å². The van der Waals surface area contributed by atoms with E-state index in [1.54, 1.807) is 6.26 Å². The van der Waals surface area contributed by atoms with Crippen LogP contribution in [0.2, 0.25) is 0 Å². The number of hydrogen-bond donors (Lipinski definition) is 0. The van der Waals surface area contributed by atoms with Crippen molar-refractivity contribution in [2.45, 2.75) is 25.2 Å². The summed E-state index contributed by atoms with van der Waals surface area (Å²) in [6, 6.07) is 9.74. The highest BCUT2D eigenvalue weighted by Gasteiger charge is 2.31. The van der Waals surface area contributed by atoms with Crippen molar-refractivity contribution in [2.75, 3.05) is 37.7 Å². The number of furan rings is 1. The highest BCUT2D eigenvalue weighted by atomic mass is 32.2. The van der Waals surface area contributed by atoms with E-state index in [1.807, 2.05) is 30.3 Å². The van der Waals surface area contributed by atoms with Gasteiger partial charge in [0, 0.05) is 42.9 Å². The third-order valence-corrected chi connectivity index (χ3v) is 8.12. The Morgan fingerprint density at radius 3 is 2.69 bits per heavy atom. The first-order valence-electron chi connectivity index (χ1n) is 10.9. The van der Waals surface area contributed by atoms with Crippen molar-refractivity contribution in [2.24, 2.45) is 0 Å². The molecule has 2 aliphatic rings. The molecule has 0 bridgehead atoms. The number of benzene rings is 2. The summed E-state index contributed by atoms with van der Waals surface area (Å²) in [5.41, 5.74) is 1.59. The van der Waals surface area contributed by atoms with E-state index in [4.69, 9.17) is 9.15 Å². The minimum absolute atomic E-state index is 0.00302. The summed E-state index contributed by atoms with van der Waals surface area (Å²) in [6.45, 7) is 2.27. The van der Waals surface area contributed by atoms with Crippen LogP contribution in [0.5, 0.6) is 5.75 Å². The molecule has 168 valence electrons. The van der Waals surface area contributed by atoms with Gasteiger partial charge < -0.3 is 9.15 Å². The number of ketones is 2. The van der Waals surface area contributed by atoms with Gasteiger partial charge in [-0.1, -0.05) is 6.07 Å². The number of Topliss-reactive ketones (excluding diaryl/α,β-unsaturated/α-hetero) is 2. The molecule has 0 radical (unpaired) electrons. The van der Waals surface area contributed by atoms with Crippen LogP contribution in [-0.2, 0) is 19.4 Å². The molecule has 5 rings (SSSR count). The summed E-state index contributed by atoms with van der Waals surface area (Å²) in [6.07, 6.45) is 2.62. The van der Waals surface area contributed by atoms with E-state index in [9.17, 15) is 18.0 Å². The van der Waals surface area contributed by atoms with Crippen LogP contribution in [0.15, 0.2) is 41.0 Å². The number of rotatable bonds is 5. The lowest BCUT2D eigenvalue weighted by Crippen LogP contribution is -2.42. The second-order valence-corrected chi connectivity index (χ2v) is 10.9. The number of carbonyl (C=O) groups excluding carboxylic acids is 2. The van der Waals surface area contributed by atoms with Gasteiger partial charge in [-0.15, -0.1) is 0 Å². The molecule has 0 N–H and O–H groups in total. The Bertz CT molecular complexity index is 1290. The van der Waals surface area contributed by atoms with Crippen molar-refractivity contribution < 1.29 is 27.2 Å². The molecule has 1 saturated heterocycles. The van der Waals surface area contributed by atoms with Crippen LogP contribution >= 0.6 is 0 Å². The Hall–Kier alpha value is -2.71. The van der Waals surface area contributed by atoms with Gasteiger partial charge in [0.05, 0.1) is 24.2 Å². The maximum absolute atomic E-state index is 12.5. The Morgan fingerprint density at radius 1 is 1.09 bits per heavy atom. The van der Waals surface area contributed by atoms with Gasteiger partial charge in [0.1, 0.15) is 29.5 Å². The third-order valence-electron chi connectivity index (χ3n) is 6.52.